The molecule has 3 rings (SSSR count). The minimum absolute atomic E-state index is 0.00469. The second kappa shape index (κ2) is 5.87. The van der Waals surface area contributed by atoms with Crippen molar-refractivity contribution in [2.45, 2.75) is 0 Å². The second-order valence-electron chi connectivity index (χ2n) is 4.40. The van der Waals surface area contributed by atoms with Crippen LogP contribution in [0.2, 0.25) is 5.02 Å². The molecule has 6 nitrogen and oxygen atoms in total. The van der Waals surface area contributed by atoms with Gasteiger partial charge in [0.1, 0.15) is 5.75 Å². The Morgan fingerprint density at radius 2 is 1.95 bits per heavy atom. The quantitative estimate of drug-likeness (QED) is 0.773. The van der Waals surface area contributed by atoms with Gasteiger partial charge in [-0.2, -0.15) is 0 Å². The fraction of sp³-hybridized carbons (Fsp3) is 0. The van der Waals surface area contributed by atoms with Gasteiger partial charge in [0.15, 0.2) is 0 Å². The minimum Gasteiger partial charge on any atom is -0.508 e. The summed E-state index contributed by atoms with van der Waals surface area (Å²) in [7, 11) is 0. The van der Waals surface area contributed by atoms with E-state index >= 15 is 0 Å². The molecule has 1 aromatic heterocycles. The van der Waals surface area contributed by atoms with Crippen LogP contribution in [0.4, 0.5) is 6.01 Å². The lowest BCUT2D eigenvalue weighted by Crippen LogP contribution is -2.11. The highest BCUT2D eigenvalue weighted by molar-refractivity contribution is 6.33. The summed E-state index contributed by atoms with van der Waals surface area (Å²) in [6.07, 6.45) is 0. The van der Waals surface area contributed by atoms with E-state index in [1.807, 2.05) is 0 Å². The van der Waals surface area contributed by atoms with Crippen LogP contribution < -0.4 is 5.32 Å². The van der Waals surface area contributed by atoms with Gasteiger partial charge in [-0.25, -0.2) is 0 Å². The van der Waals surface area contributed by atoms with Gasteiger partial charge < -0.3 is 9.52 Å². The topological polar surface area (TPSA) is 88.3 Å². The lowest BCUT2D eigenvalue weighted by Gasteiger charge is -2.01. The van der Waals surface area contributed by atoms with E-state index in [0.29, 0.717) is 10.6 Å². The molecule has 1 heterocycles. The third kappa shape index (κ3) is 2.91. The second-order valence-corrected chi connectivity index (χ2v) is 4.80. The number of hydrogen-bond acceptors (Lipinski definition) is 5. The number of anilines is 1. The SMILES string of the molecule is O=C(Nc1nnc(-c2ccccc2Cl)o1)c1cccc(O)c1. The zero-order chi connectivity index (χ0) is 15.5. The summed E-state index contributed by atoms with van der Waals surface area (Å²) >= 11 is 6.04. The van der Waals surface area contributed by atoms with Crippen LogP contribution in [-0.2, 0) is 0 Å². The Morgan fingerprint density at radius 3 is 2.73 bits per heavy atom. The van der Waals surface area contributed by atoms with Crippen molar-refractivity contribution >= 4 is 23.5 Å². The fourth-order valence-electron chi connectivity index (χ4n) is 1.83. The van der Waals surface area contributed by atoms with Crippen molar-refractivity contribution in [2.75, 3.05) is 5.32 Å². The van der Waals surface area contributed by atoms with Gasteiger partial charge in [-0.05, 0) is 30.3 Å². The molecule has 0 radical (unpaired) electrons. The first-order valence-corrected chi connectivity index (χ1v) is 6.70. The molecule has 0 fully saturated rings. The van der Waals surface area contributed by atoms with Crippen molar-refractivity contribution in [1.82, 2.24) is 10.2 Å². The Kier molecular flexibility index (Phi) is 3.76. The molecule has 1 amide bonds. The van der Waals surface area contributed by atoms with Crippen molar-refractivity contribution in [2.24, 2.45) is 0 Å². The number of rotatable bonds is 3. The van der Waals surface area contributed by atoms with Crippen LogP contribution in [0.25, 0.3) is 11.5 Å². The van der Waals surface area contributed by atoms with Crippen molar-refractivity contribution < 1.29 is 14.3 Å². The highest BCUT2D eigenvalue weighted by Crippen LogP contribution is 2.27. The van der Waals surface area contributed by atoms with Crippen LogP contribution in [0.5, 0.6) is 5.75 Å². The molecule has 0 atom stereocenters. The Labute approximate surface area is 130 Å². The third-order valence-corrected chi connectivity index (χ3v) is 3.19. The van der Waals surface area contributed by atoms with Crippen molar-refractivity contribution in [3.63, 3.8) is 0 Å². The van der Waals surface area contributed by atoms with Gasteiger partial charge in [0.2, 0.25) is 0 Å². The summed E-state index contributed by atoms with van der Waals surface area (Å²) in [4.78, 5) is 12.0. The van der Waals surface area contributed by atoms with E-state index in [1.54, 1.807) is 36.4 Å². The largest absolute Gasteiger partial charge is 0.508 e. The lowest BCUT2D eigenvalue weighted by molar-refractivity contribution is 0.102. The predicted octanol–water partition coefficient (Wildman–Crippen LogP) is 3.35. The van der Waals surface area contributed by atoms with Crippen molar-refractivity contribution in [1.29, 1.82) is 0 Å². The number of benzene rings is 2. The number of aromatic nitrogens is 2. The smallest absolute Gasteiger partial charge is 0.322 e. The van der Waals surface area contributed by atoms with E-state index in [1.165, 1.54) is 12.1 Å². The van der Waals surface area contributed by atoms with Gasteiger partial charge in [-0.3, -0.25) is 10.1 Å². The molecule has 0 aliphatic heterocycles. The zero-order valence-electron chi connectivity index (χ0n) is 11.2. The normalized spacial score (nSPS) is 10.4. The Balaban J connectivity index is 1.80. The lowest BCUT2D eigenvalue weighted by atomic mass is 10.2. The number of hydrogen-bond donors (Lipinski definition) is 2. The number of phenolic OH excluding ortho intramolecular Hbond substituents is 1. The number of nitrogens with zero attached hydrogens (tertiary/aromatic N) is 2. The van der Waals surface area contributed by atoms with Crippen LogP contribution in [0.1, 0.15) is 10.4 Å². The van der Waals surface area contributed by atoms with E-state index < -0.39 is 5.91 Å². The summed E-state index contributed by atoms with van der Waals surface area (Å²) in [5.41, 5.74) is 0.854. The molecule has 22 heavy (non-hydrogen) atoms. The number of nitrogens with one attached hydrogen (secondary N) is 1. The molecule has 7 heteroatoms. The van der Waals surface area contributed by atoms with Crippen LogP contribution >= 0.6 is 11.6 Å². The molecule has 0 saturated heterocycles. The molecule has 0 spiro atoms. The maximum absolute atomic E-state index is 12.0. The summed E-state index contributed by atoms with van der Waals surface area (Å²) in [6, 6.07) is 12.9. The first kappa shape index (κ1) is 14.1. The summed E-state index contributed by atoms with van der Waals surface area (Å²) in [5, 5.41) is 19.9. The predicted molar refractivity (Wildman–Crippen MR) is 80.8 cm³/mol. The van der Waals surface area contributed by atoms with Gasteiger partial charge in [0.25, 0.3) is 11.8 Å². The van der Waals surface area contributed by atoms with Gasteiger partial charge in [0, 0.05) is 5.56 Å². The maximum atomic E-state index is 12.0. The summed E-state index contributed by atoms with van der Waals surface area (Å²) in [5.74, 6) is -0.267. The number of aromatic hydroxyl groups is 1. The van der Waals surface area contributed by atoms with Crippen molar-refractivity contribution in [3.8, 4) is 17.2 Å². The molecule has 0 saturated carbocycles. The van der Waals surface area contributed by atoms with Crippen molar-refractivity contribution in [3.05, 3.63) is 59.1 Å². The number of carbonyl (C=O) groups is 1. The monoisotopic (exact) mass is 315 g/mol. The van der Waals surface area contributed by atoms with Crippen LogP contribution in [0, 0.1) is 0 Å². The molecular formula is C15H10ClN3O3. The average molecular weight is 316 g/mol. The first-order valence-electron chi connectivity index (χ1n) is 6.32. The van der Waals surface area contributed by atoms with Gasteiger partial charge in [-0.15, -0.1) is 5.10 Å². The third-order valence-electron chi connectivity index (χ3n) is 2.86. The molecule has 2 N–H and O–H groups in total. The molecular weight excluding hydrogens is 306 g/mol. The Hall–Kier alpha value is -2.86. The fourth-order valence-corrected chi connectivity index (χ4v) is 2.05. The van der Waals surface area contributed by atoms with Gasteiger partial charge >= 0.3 is 6.01 Å². The highest BCUT2D eigenvalue weighted by Gasteiger charge is 2.14. The average Bonchev–Trinajstić information content (AvgIpc) is 2.96. The molecule has 3 aromatic rings. The first-order chi connectivity index (χ1) is 10.6. The van der Waals surface area contributed by atoms with Crippen LogP contribution in [0.15, 0.2) is 52.9 Å². The van der Waals surface area contributed by atoms with Gasteiger partial charge in [-0.1, -0.05) is 34.9 Å². The van der Waals surface area contributed by atoms with E-state index in [2.05, 4.69) is 15.5 Å². The highest BCUT2D eigenvalue weighted by atomic mass is 35.5. The molecule has 0 aliphatic rings. The standard InChI is InChI=1S/C15H10ClN3O3/c16-12-7-2-1-6-11(12)14-18-19-15(22-14)17-13(21)9-4-3-5-10(20)8-9/h1-8,20H,(H,17,19,21). The van der Waals surface area contributed by atoms with Crippen LogP contribution in [0.3, 0.4) is 0 Å². The van der Waals surface area contributed by atoms with E-state index in [4.69, 9.17) is 16.0 Å². The minimum atomic E-state index is -0.467. The Bertz CT molecular complexity index is 832. The number of amides is 1. The Morgan fingerprint density at radius 1 is 1.14 bits per heavy atom. The summed E-state index contributed by atoms with van der Waals surface area (Å²) in [6.45, 7) is 0. The molecule has 110 valence electrons. The molecule has 2 aromatic carbocycles. The number of halogens is 1. The number of carbonyl (C=O) groups excluding carboxylic acids is 1. The maximum Gasteiger partial charge on any atom is 0.322 e. The van der Waals surface area contributed by atoms with Crippen LogP contribution in [-0.4, -0.2) is 21.2 Å². The molecule has 0 bridgehead atoms. The van der Waals surface area contributed by atoms with E-state index in [9.17, 15) is 9.90 Å². The molecule has 0 aliphatic carbocycles. The zero-order valence-corrected chi connectivity index (χ0v) is 11.9. The number of phenols is 1. The molecule has 0 unspecified atom stereocenters. The summed E-state index contributed by atoms with van der Waals surface area (Å²) < 4.78 is 5.37. The van der Waals surface area contributed by atoms with Gasteiger partial charge in [0.05, 0.1) is 10.6 Å². The van der Waals surface area contributed by atoms with E-state index in [0.717, 1.165) is 0 Å². The van der Waals surface area contributed by atoms with E-state index in [-0.39, 0.29) is 23.2 Å².